The molecular formula is C12H15FN2O. The summed E-state index contributed by atoms with van der Waals surface area (Å²) < 4.78 is 18.1. The number of halogens is 1. The molecule has 0 atom stereocenters. The highest BCUT2D eigenvalue weighted by Gasteiger charge is 2.02. The lowest BCUT2D eigenvalue weighted by Gasteiger charge is -2.06. The minimum atomic E-state index is -0.319. The van der Waals surface area contributed by atoms with Gasteiger partial charge in [-0.25, -0.2) is 4.39 Å². The third-order valence-corrected chi connectivity index (χ3v) is 2.13. The van der Waals surface area contributed by atoms with E-state index >= 15 is 0 Å². The Hall–Kier alpha value is -1.44. The van der Waals surface area contributed by atoms with E-state index in [2.05, 4.69) is 5.32 Å². The second kappa shape index (κ2) is 6.94. The van der Waals surface area contributed by atoms with Crippen LogP contribution < -0.4 is 5.32 Å². The summed E-state index contributed by atoms with van der Waals surface area (Å²) in [5, 5.41) is 11.9. The molecule has 4 heteroatoms. The van der Waals surface area contributed by atoms with Gasteiger partial charge in [-0.3, -0.25) is 0 Å². The molecule has 0 spiro atoms. The van der Waals surface area contributed by atoms with Crippen LogP contribution in [0.5, 0.6) is 0 Å². The van der Waals surface area contributed by atoms with E-state index in [9.17, 15) is 4.39 Å². The summed E-state index contributed by atoms with van der Waals surface area (Å²) in [6.07, 6.45) is 0. The summed E-state index contributed by atoms with van der Waals surface area (Å²) in [5.41, 5.74) is 1.18. The molecular weight excluding hydrogens is 207 g/mol. The lowest BCUT2D eigenvalue weighted by Crippen LogP contribution is -2.19. The Balaban J connectivity index is 2.46. The van der Waals surface area contributed by atoms with Crippen molar-refractivity contribution in [1.82, 2.24) is 5.32 Å². The predicted octanol–water partition coefficient (Wildman–Crippen LogP) is 1.82. The highest BCUT2D eigenvalue weighted by atomic mass is 19.1. The number of hydrogen-bond acceptors (Lipinski definition) is 3. The van der Waals surface area contributed by atoms with E-state index in [1.807, 2.05) is 13.0 Å². The molecule has 0 radical (unpaired) electrons. The van der Waals surface area contributed by atoms with Crippen molar-refractivity contribution in [1.29, 1.82) is 5.26 Å². The van der Waals surface area contributed by atoms with Crippen molar-refractivity contribution in [3.8, 4) is 6.07 Å². The number of nitrogens with one attached hydrogen (secondary N) is 1. The maximum absolute atomic E-state index is 13.0. The highest BCUT2D eigenvalue weighted by Crippen LogP contribution is 2.09. The normalized spacial score (nSPS) is 10.1. The zero-order valence-electron chi connectivity index (χ0n) is 9.29. The van der Waals surface area contributed by atoms with Crippen LogP contribution in [0, 0.1) is 17.1 Å². The second-order valence-electron chi connectivity index (χ2n) is 3.29. The van der Waals surface area contributed by atoms with Crippen LogP contribution in [0.1, 0.15) is 18.1 Å². The van der Waals surface area contributed by atoms with Gasteiger partial charge in [0.1, 0.15) is 5.82 Å². The first-order valence-electron chi connectivity index (χ1n) is 5.25. The van der Waals surface area contributed by atoms with E-state index in [1.54, 1.807) is 0 Å². The average Bonchev–Trinajstić information content (AvgIpc) is 2.29. The maximum atomic E-state index is 13.0. The van der Waals surface area contributed by atoms with Crippen LogP contribution in [0.25, 0.3) is 0 Å². The van der Waals surface area contributed by atoms with Crippen LogP contribution in [0.15, 0.2) is 18.2 Å². The summed E-state index contributed by atoms with van der Waals surface area (Å²) in [5.74, 6) is -0.319. The first-order valence-corrected chi connectivity index (χ1v) is 5.25. The van der Waals surface area contributed by atoms with Crippen molar-refractivity contribution in [3.63, 3.8) is 0 Å². The fourth-order valence-electron chi connectivity index (χ4n) is 1.33. The topological polar surface area (TPSA) is 45.0 Å². The van der Waals surface area contributed by atoms with Crippen LogP contribution in [0.4, 0.5) is 4.39 Å². The Kier molecular flexibility index (Phi) is 5.48. The van der Waals surface area contributed by atoms with E-state index in [0.29, 0.717) is 37.4 Å². The molecule has 0 unspecified atom stereocenters. The Morgan fingerprint density at radius 2 is 2.31 bits per heavy atom. The van der Waals surface area contributed by atoms with E-state index in [-0.39, 0.29) is 5.82 Å². The van der Waals surface area contributed by atoms with Crippen LogP contribution >= 0.6 is 0 Å². The van der Waals surface area contributed by atoms with Gasteiger partial charge in [-0.1, -0.05) is 0 Å². The molecule has 0 amide bonds. The Labute approximate surface area is 94.8 Å². The summed E-state index contributed by atoms with van der Waals surface area (Å²) >= 11 is 0. The summed E-state index contributed by atoms with van der Waals surface area (Å²) in [6, 6.07) is 6.21. The average molecular weight is 222 g/mol. The zero-order chi connectivity index (χ0) is 11.8. The van der Waals surface area contributed by atoms with Crippen molar-refractivity contribution in [3.05, 3.63) is 35.1 Å². The van der Waals surface area contributed by atoms with Gasteiger partial charge in [0.2, 0.25) is 0 Å². The molecule has 0 saturated heterocycles. The molecule has 0 aliphatic heterocycles. The molecule has 0 fully saturated rings. The molecule has 16 heavy (non-hydrogen) atoms. The molecule has 0 aliphatic rings. The van der Waals surface area contributed by atoms with Gasteiger partial charge in [0.25, 0.3) is 0 Å². The maximum Gasteiger partial charge on any atom is 0.123 e. The van der Waals surface area contributed by atoms with Gasteiger partial charge in [-0.05, 0) is 30.7 Å². The second-order valence-corrected chi connectivity index (χ2v) is 3.29. The molecule has 0 aliphatic carbocycles. The highest BCUT2D eigenvalue weighted by molar-refractivity contribution is 5.37. The number of nitriles is 1. The molecule has 0 aromatic heterocycles. The fraction of sp³-hybridized carbons (Fsp3) is 0.417. The zero-order valence-corrected chi connectivity index (χ0v) is 9.29. The lowest BCUT2D eigenvalue weighted by atomic mass is 10.1. The van der Waals surface area contributed by atoms with Gasteiger partial charge in [0, 0.05) is 19.7 Å². The molecule has 3 nitrogen and oxygen atoms in total. The van der Waals surface area contributed by atoms with Crippen molar-refractivity contribution in [2.75, 3.05) is 19.8 Å². The van der Waals surface area contributed by atoms with E-state index in [1.165, 1.54) is 18.2 Å². The van der Waals surface area contributed by atoms with Crippen molar-refractivity contribution in [2.45, 2.75) is 13.5 Å². The smallest absolute Gasteiger partial charge is 0.123 e. The Bertz CT molecular complexity index is 374. The summed E-state index contributed by atoms with van der Waals surface area (Å²) in [4.78, 5) is 0. The predicted molar refractivity (Wildman–Crippen MR) is 59.3 cm³/mol. The molecule has 1 rings (SSSR count). The lowest BCUT2D eigenvalue weighted by molar-refractivity contribution is 0.149. The number of benzene rings is 1. The van der Waals surface area contributed by atoms with Gasteiger partial charge < -0.3 is 10.1 Å². The monoisotopic (exact) mass is 222 g/mol. The third kappa shape index (κ3) is 3.97. The molecule has 0 heterocycles. The largest absolute Gasteiger partial charge is 0.380 e. The summed E-state index contributed by atoms with van der Waals surface area (Å²) in [6.45, 7) is 4.40. The van der Waals surface area contributed by atoms with Crippen LogP contribution in [0.3, 0.4) is 0 Å². The molecule has 86 valence electrons. The minimum Gasteiger partial charge on any atom is -0.380 e. The van der Waals surface area contributed by atoms with Crippen molar-refractivity contribution in [2.24, 2.45) is 0 Å². The number of nitrogens with zero attached hydrogens (tertiary/aromatic N) is 1. The van der Waals surface area contributed by atoms with Crippen LogP contribution in [0.2, 0.25) is 0 Å². The summed E-state index contributed by atoms with van der Waals surface area (Å²) in [7, 11) is 0. The Morgan fingerprint density at radius 3 is 3.00 bits per heavy atom. The number of ether oxygens (including phenoxy) is 1. The standard InChI is InChI=1S/C12H15FN2O/c1-2-16-6-5-15-9-11-7-12(13)4-3-10(11)8-14/h3-4,7,15H,2,5-6,9H2,1H3. The Morgan fingerprint density at radius 1 is 1.50 bits per heavy atom. The molecule has 0 bridgehead atoms. The van der Waals surface area contributed by atoms with Gasteiger partial charge in [0.15, 0.2) is 0 Å². The first kappa shape index (κ1) is 12.6. The van der Waals surface area contributed by atoms with Gasteiger partial charge in [-0.2, -0.15) is 5.26 Å². The third-order valence-electron chi connectivity index (χ3n) is 2.13. The van der Waals surface area contributed by atoms with E-state index in [0.717, 1.165) is 0 Å². The number of hydrogen-bond donors (Lipinski definition) is 1. The van der Waals surface area contributed by atoms with Crippen LogP contribution in [-0.4, -0.2) is 19.8 Å². The molecule has 0 saturated carbocycles. The number of rotatable bonds is 6. The van der Waals surface area contributed by atoms with Crippen molar-refractivity contribution < 1.29 is 9.13 Å². The van der Waals surface area contributed by atoms with Gasteiger partial charge in [-0.15, -0.1) is 0 Å². The first-order chi connectivity index (χ1) is 7.77. The molecule has 1 aromatic carbocycles. The minimum absolute atomic E-state index is 0.319. The van der Waals surface area contributed by atoms with Crippen molar-refractivity contribution >= 4 is 0 Å². The van der Waals surface area contributed by atoms with Crippen LogP contribution in [-0.2, 0) is 11.3 Å². The fourth-order valence-corrected chi connectivity index (χ4v) is 1.33. The molecule has 1 N–H and O–H groups in total. The van der Waals surface area contributed by atoms with E-state index in [4.69, 9.17) is 10.00 Å². The van der Waals surface area contributed by atoms with E-state index < -0.39 is 0 Å². The quantitative estimate of drug-likeness (QED) is 0.747. The SMILES string of the molecule is CCOCCNCc1cc(F)ccc1C#N. The molecule has 1 aromatic rings. The van der Waals surface area contributed by atoms with Gasteiger partial charge in [0.05, 0.1) is 18.2 Å². The van der Waals surface area contributed by atoms with Gasteiger partial charge >= 0.3 is 0 Å².